The van der Waals surface area contributed by atoms with Crippen LogP contribution in [0.3, 0.4) is 0 Å². The highest BCUT2D eigenvalue weighted by atomic mass is 19.1. The van der Waals surface area contributed by atoms with Crippen molar-refractivity contribution in [1.82, 2.24) is 4.90 Å². The summed E-state index contributed by atoms with van der Waals surface area (Å²) in [7, 11) is 0. The maximum atomic E-state index is 12.7. The summed E-state index contributed by atoms with van der Waals surface area (Å²) in [6.07, 6.45) is 0.373. The quantitative estimate of drug-likeness (QED) is 0.789. The second-order valence-electron chi connectivity index (χ2n) is 4.23. The first-order chi connectivity index (χ1) is 8.24. The molecular formula is C13H16FNO2. The number of morpholine rings is 1. The van der Waals surface area contributed by atoms with Crippen LogP contribution in [0.1, 0.15) is 5.56 Å². The van der Waals surface area contributed by atoms with Crippen LogP contribution in [-0.4, -0.2) is 43.5 Å². The number of nitrogens with zero attached hydrogens (tertiary/aromatic N) is 1. The van der Waals surface area contributed by atoms with E-state index in [1.54, 1.807) is 12.1 Å². The highest BCUT2D eigenvalue weighted by Gasteiger charge is 2.14. The molecule has 1 fully saturated rings. The van der Waals surface area contributed by atoms with Gasteiger partial charge in [0.25, 0.3) is 0 Å². The van der Waals surface area contributed by atoms with Crippen LogP contribution in [0, 0.1) is 5.82 Å². The van der Waals surface area contributed by atoms with Crippen molar-refractivity contribution < 1.29 is 13.9 Å². The van der Waals surface area contributed by atoms with Crippen molar-refractivity contribution in [3.63, 3.8) is 0 Å². The Kier molecular flexibility index (Phi) is 4.23. The molecule has 0 N–H and O–H groups in total. The normalized spacial score (nSPS) is 17.0. The molecule has 17 heavy (non-hydrogen) atoms. The number of Topliss-reactive ketones (excluding diaryl/α,β-unsaturated/α-hetero) is 1. The van der Waals surface area contributed by atoms with Crippen LogP contribution >= 0.6 is 0 Å². The lowest BCUT2D eigenvalue weighted by molar-refractivity contribution is -0.120. The van der Waals surface area contributed by atoms with Gasteiger partial charge in [-0.3, -0.25) is 9.69 Å². The first-order valence-corrected chi connectivity index (χ1v) is 5.80. The molecule has 0 bridgehead atoms. The molecule has 0 aliphatic carbocycles. The summed E-state index contributed by atoms with van der Waals surface area (Å²) in [5.74, 6) is -0.104. The Bertz CT molecular complexity index is 372. The number of carbonyl (C=O) groups excluding carboxylic acids is 1. The van der Waals surface area contributed by atoms with E-state index in [0.29, 0.717) is 26.2 Å². The van der Waals surface area contributed by atoms with Gasteiger partial charge in [-0.25, -0.2) is 4.39 Å². The van der Waals surface area contributed by atoms with E-state index in [-0.39, 0.29) is 11.6 Å². The Labute approximate surface area is 100 Å². The third kappa shape index (κ3) is 3.91. The summed E-state index contributed by atoms with van der Waals surface area (Å²) >= 11 is 0. The van der Waals surface area contributed by atoms with Crippen molar-refractivity contribution in [2.24, 2.45) is 0 Å². The zero-order chi connectivity index (χ0) is 12.1. The fourth-order valence-electron chi connectivity index (χ4n) is 1.89. The third-order valence-electron chi connectivity index (χ3n) is 2.82. The van der Waals surface area contributed by atoms with Crippen LogP contribution in [0.2, 0.25) is 0 Å². The van der Waals surface area contributed by atoms with Crippen LogP contribution in [0.4, 0.5) is 4.39 Å². The molecule has 1 saturated heterocycles. The second-order valence-corrected chi connectivity index (χ2v) is 4.23. The molecular weight excluding hydrogens is 221 g/mol. The maximum absolute atomic E-state index is 12.7. The lowest BCUT2D eigenvalue weighted by Gasteiger charge is -2.25. The SMILES string of the molecule is O=C(Cc1ccc(F)cc1)CN1CCOCC1. The highest BCUT2D eigenvalue weighted by Crippen LogP contribution is 2.05. The molecule has 0 amide bonds. The Balaban J connectivity index is 1.82. The van der Waals surface area contributed by atoms with Gasteiger partial charge in [0.2, 0.25) is 0 Å². The van der Waals surface area contributed by atoms with Crippen molar-refractivity contribution in [2.45, 2.75) is 6.42 Å². The lowest BCUT2D eigenvalue weighted by atomic mass is 10.1. The van der Waals surface area contributed by atoms with Crippen LogP contribution in [0.15, 0.2) is 24.3 Å². The maximum Gasteiger partial charge on any atom is 0.151 e. The van der Waals surface area contributed by atoms with Crippen molar-refractivity contribution in [1.29, 1.82) is 0 Å². The number of ketones is 1. The fourth-order valence-corrected chi connectivity index (χ4v) is 1.89. The number of benzene rings is 1. The van der Waals surface area contributed by atoms with Gasteiger partial charge in [-0.15, -0.1) is 0 Å². The van der Waals surface area contributed by atoms with E-state index in [4.69, 9.17) is 4.74 Å². The number of halogens is 1. The Morgan fingerprint density at radius 3 is 2.53 bits per heavy atom. The van der Waals surface area contributed by atoms with E-state index in [1.807, 2.05) is 0 Å². The first-order valence-electron chi connectivity index (χ1n) is 5.80. The largest absolute Gasteiger partial charge is 0.379 e. The van der Waals surface area contributed by atoms with Crippen LogP contribution in [0.5, 0.6) is 0 Å². The molecule has 1 aromatic rings. The lowest BCUT2D eigenvalue weighted by Crippen LogP contribution is -2.39. The van der Waals surface area contributed by atoms with Crippen molar-refractivity contribution in [3.05, 3.63) is 35.6 Å². The second kappa shape index (κ2) is 5.89. The summed E-state index contributed by atoms with van der Waals surface area (Å²) < 4.78 is 17.9. The van der Waals surface area contributed by atoms with Gasteiger partial charge in [-0.05, 0) is 17.7 Å². The van der Waals surface area contributed by atoms with Gasteiger partial charge in [0.05, 0.1) is 19.8 Å². The number of hydrogen-bond acceptors (Lipinski definition) is 3. The highest BCUT2D eigenvalue weighted by molar-refractivity contribution is 5.82. The Morgan fingerprint density at radius 2 is 1.88 bits per heavy atom. The van der Waals surface area contributed by atoms with Gasteiger partial charge >= 0.3 is 0 Å². The fraction of sp³-hybridized carbons (Fsp3) is 0.462. The zero-order valence-electron chi connectivity index (χ0n) is 9.69. The van der Waals surface area contributed by atoms with Gasteiger partial charge in [0, 0.05) is 19.5 Å². The molecule has 2 rings (SSSR count). The minimum absolute atomic E-state index is 0.165. The minimum atomic E-state index is -0.269. The molecule has 0 saturated carbocycles. The minimum Gasteiger partial charge on any atom is -0.379 e. The summed E-state index contributed by atoms with van der Waals surface area (Å²) in [6.45, 7) is 3.48. The van der Waals surface area contributed by atoms with Crippen molar-refractivity contribution in [3.8, 4) is 0 Å². The molecule has 0 atom stereocenters. The molecule has 1 heterocycles. The molecule has 0 aromatic heterocycles. The average Bonchev–Trinajstić information content (AvgIpc) is 2.33. The van der Waals surface area contributed by atoms with E-state index >= 15 is 0 Å². The van der Waals surface area contributed by atoms with E-state index in [1.165, 1.54) is 12.1 Å². The molecule has 3 nitrogen and oxygen atoms in total. The summed E-state index contributed by atoms with van der Waals surface area (Å²) in [5.41, 5.74) is 0.865. The molecule has 0 spiro atoms. The number of hydrogen-bond donors (Lipinski definition) is 0. The van der Waals surface area contributed by atoms with E-state index in [9.17, 15) is 9.18 Å². The van der Waals surface area contributed by atoms with Gasteiger partial charge < -0.3 is 4.74 Å². The predicted molar refractivity (Wildman–Crippen MR) is 62.4 cm³/mol. The monoisotopic (exact) mass is 237 g/mol. The predicted octanol–water partition coefficient (Wildman–Crippen LogP) is 1.27. The van der Waals surface area contributed by atoms with Gasteiger partial charge in [-0.1, -0.05) is 12.1 Å². The molecule has 0 radical (unpaired) electrons. The van der Waals surface area contributed by atoms with Crippen LogP contribution in [0.25, 0.3) is 0 Å². The molecule has 1 aromatic carbocycles. The number of rotatable bonds is 4. The summed E-state index contributed by atoms with van der Waals surface area (Å²) in [6, 6.07) is 6.09. The molecule has 1 aliphatic rings. The summed E-state index contributed by atoms with van der Waals surface area (Å²) in [5, 5.41) is 0. The van der Waals surface area contributed by atoms with Gasteiger partial charge in [0.1, 0.15) is 5.82 Å². The molecule has 0 unspecified atom stereocenters. The zero-order valence-corrected chi connectivity index (χ0v) is 9.69. The third-order valence-corrected chi connectivity index (χ3v) is 2.82. The van der Waals surface area contributed by atoms with E-state index in [2.05, 4.69) is 4.90 Å². The van der Waals surface area contributed by atoms with E-state index in [0.717, 1.165) is 18.7 Å². The van der Waals surface area contributed by atoms with Gasteiger partial charge in [-0.2, -0.15) is 0 Å². The molecule has 1 aliphatic heterocycles. The number of carbonyl (C=O) groups is 1. The Morgan fingerprint density at radius 1 is 1.24 bits per heavy atom. The topological polar surface area (TPSA) is 29.5 Å². The van der Waals surface area contributed by atoms with Crippen molar-refractivity contribution >= 4 is 5.78 Å². The summed E-state index contributed by atoms with van der Waals surface area (Å²) in [4.78, 5) is 13.9. The molecule has 92 valence electrons. The standard InChI is InChI=1S/C13H16FNO2/c14-12-3-1-11(2-4-12)9-13(16)10-15-5-7-17-8-6-15/h1-4H,5-10H2. The first kappa shape index (κ1) is 12.2. The number of ether oxygens (including phenoxy) is 1. The van der Waals surface area contributed by atoms with E-state index < -0.39 is 0 Å². The Hall–Kier alpha value is -1.26. The van der Waals surface area contributed by atoms with Gasteiger partial charge in [0.15, 0.2) is 5.78 Å². The van der Waals surface area contributed by atoms with Crippen LogP contribution in [-0.2, 0) is 16.0 Å². The molecule has 4 heteroatoms. The smallest absolute Gasteiger partial charge is 0.151 e. The van der Waals surface area contributed by atoms with Crippen LogP contribution < -0.4 is 0 Å². The average molecular weight is 237 g/mol. The van der Waals surface area contributed by atoms with Crippen molar-refractivity contribution in [2.75, 3.05) is 32.8 Å².